The molecule has 15 nitrogen and oxygen atoms in total. The molecule has 0 heterocycles. The van der Waals surface area contributed by atoms with Crippen LogP contribution in [0.5, 0.6) is 0 Å². The number of aliphatic hydroxyl groups is 2. The lowest BCUT2D eigenvalue weighted by molar-refractivity contribution is -0.144. The summed E-state index contributed by atoms with van der Waals surface area (Å²) in [5.41, 5.74) is 5.34. The number of hydrogen-bond donors (Lipinski definition) is 9. The molecule has 15 heteroatoms. The average molecular weight is 450 g/mol. The summed E-state index contributed by atoms with van der Waals surface area (Å²) in [6, 6.07) is -6.54. The van der Waals surface area contributed by atoms with Crippen molar-refractivity contribution in [3.8, 4) is 0 Å². The van der Waals surface area contributed by atoms with Crippen LogP contribution in [0.15, 0.2) is 0 Å². The van der Waals surface area contributed by atoms with Crippen molar-refractivity contribution in [3.05, 3.63) is 0 Å². The topological polar surface area (TPSA) is 266 Å². The van der Waals surface area contributed by atoms with Gasteiger partial charge >= 0.3 is 17.9 Å². The van der Waals surface area contributed by atoms with Gasteiger partial charge in [0.15, 0.2) is 0 Å². The summed E-state index contributed by atoms with van der Waals surface area (Å²) in [6.07, 6.45) is -3.34. The second-order valence-corrected chi connectivity index (χ2v) is 6.51. The number of carboxylic acid groups (broad SMARTS) is 3. The van der Waals surface area contributed by atoms with Gasteiger partial charge < -0.3 is 47.2 Å². The molecule has 0 fully saturated rings. The number of hydrogen-bond acceptors (Lipinski definition) is 9. The van der Waals surface area contributed by atoms with Crippen LogP contribution in [0, 0.1) is 0 Å². The lowest BCUT2D eigenvalue weighted by Crippen LogP contribution is -2.60. The molecule has 0 bridgehead atoms. The van der Waals surface area contributed by atoms with Crippen LogP contribution in [0.1, 0.15) is 26.2 Å². The zero-order valence-corrected chi connectivity index (χ0v) is 16.5. The lowest BCUT2D eigenvalue weighted by atomic mass is 10.1. The number of nitrogens with one attached hydrogen (secondary N) is 3. The summed E-state index contributed by atoms with van der Waals surface area (Å²) in [7, 11) is 0. The molecule has 0 spiro atoms. The Balaban J connectivity index is 5.19. The average Bonchev–Trinajstić information content (AvgIpc) is 2.65. The van der Waals surface area contributed by atoms with E-state index in [0.29, 0.717) is 0 Å². The first-order chi connectivity index (χ1) is 14.3. The summed E-state index contributed by atoms with van der Waals surface area (Å²) in [5.74, 6) is -7.62. The molecule has 3 amide bonds. The molecule has 0 saturated heterocycles. The first-order valence-corrected chi connectivity index (χ1v) is 8.92. The zero-order chi connectivity index (χ0) is 24.3. The van der Waals surface area contributed by atoms with Crippen molar-refractivity contribution in [2.24, 2.45) is 5.73 Å². The lowest BCUT2D eigenvalue weighted by Gasteiger charge is -2.25. The van der Waals surface area contributed by atoms with Gasteiger partial charge in [-0.2, -0.15) is 0 Å². The van der Waals surface area contributed by atoms with Crippen molar-refractivity contribution >= 4 is 35.6 Å². The molecule has 0 aromatic rings. The quantitative estimate of drug-likeness (QED) is 0.121. The third kappa shape index (κ3) is 10.3. The van der Waals surface area contributed by atoms with Gasteiger partial charge in [-0.15, -0.1) is 0 Å². The van der Waals surface area contributed by atoms with E-state index in [9.17, 15) is 39.0 Å². The first kappa shape index (κ1) is 27.7. The second-order valence-electron chi connectivity index (χ2n) is 6.51. The van der Waals surface area contributed by atoms with Crippen molar-refractivity contribution in [2.45, 2.75) is 56.5 Å². The van der Waals surface area contributed by atoms with Gasteiger partial charge in [0, 0.05) is 6.42 Å². The second kappa shape index (κ2) is 13.1. The van der Waals surface area contributed by atoms with Crippen LogP contribution in [0.2, 0.25) is 0 Å². The Hall–Kier alpha value is -3.30. The van der Waals surface area contributed by atoms with Crippen molar-refractivity contribution in [1.29, 1.82) is 0 Å². The van der Waals surface area contributed by atoms with Crippen LogP contribution in [0.4, 0.5) is 0 Å². The molecule has 0 aliphatic heterocycles. The Bertz CT molecular complexity index is 697. The molecule has 5 atom stereocenters. The van der Waals surface area contributed by atoms with Crippen LogP contribution in [0.25, 0.3) is 0 Å². The van der Waals surface area contributed by atoms with Gasteiger partial charge in [0.2, 0.25) is 17.7 Å². The maximum atomic E-state index is 12.3. The van der Waals surface area contributed by atoms with Gasteiger partial charge in [-0.3, -0.25) is 24.0 Å². The third-order valence-electron chi connectivity index (χ3n) is 3.87. The molecule has 0 aliphatic rings. The highest BCUT2D eigenvalue weighted by molar-refractivity contribution is 5.95. The van der Waals surface area contributed by atoms with Gasteiger partial charge in [0.05, 0.1) is 25.2 Å². The highest BCUT2D eigenvalue weighted by Crippen LogP contribution is 2.02. The fraction of sp³-hybridized carbons (Fsp3) is 0.625. The summed E-state index contributed by atoms with van der Waals surface area (Å²) in [5, 5.41) is 51.4. The van der Waals surface area contributed by atoms with E-state index in [1.165, 1.54) is 0 Å². The minimum Gasteiger partial charge on any atom is -0.481 e. The maximum Gasteiger partial charge on any atom is 0.326 e. The minimum atomic E-state index is -1.72. The number of carbonyl (C=O) groups is 6. The molecule has 0 radical (unpaired) electrons. The number of aliphatic hydroxyl groups excluding tert-OH is 2. The van der Waals surface area contributed by atoms with Crippen LogP contribution < -0.4 is 21.7 Å². The highest BCUT2D eigenvalue weighted by Gasteiger charge is 2.32. The van der Waals surface area contributed by atoms with E-state index in [-0.39, 0.29) is 0 Å². The van der Waals surface area contributed by atoms with Crippen LogP contribution in [-0.4, -0.2) is 98.0 Å². The Morgan fingerprint density at radius 1 is 0.839 bits per heavy atom. The van der Waals surface area contributed by atoms with Gasteiger partial charge in [0.1, 0.15) is 18.1 Å². The molecule has 0 aromatic heterocycles. The van der Waals surface area contributed by atoms with Crippen molar-refractivity contribution < 1.29 is 54.3 Å². The minimum absolute atomic E-state index is 0.465. The van der Waals surface area contributed by atoms with Gasteiger partial charge in [0.25, 0.3) is 0 Å². The SMILES string of the molecule is CC(O)C(NC(=O)C(CO)NC(=O)C(N)CC(=O)O)C(=O)NC(CCC(=O)O)C(=O)O. The number of amides is 3. The Morgan fingerprint density at radius 2 is 1.39 bits per heavy atom. The maximum absolute atomic E-state index is 12.3. The van der Waals surface area contributed by atoms with Gasteiger partial charge in [-0.1, -0.05) is 0 Å². The largest absolute Gasteiger partial charge is 0.481 e. The van der Waals surface area contributed by atoms with Crippen LogP contribution >= 0.6 is 0 Å². The molecular formula is C16H26N4O11. The molecule has 31 heavy (non-hydrogen) atoms. The van der Waals surface area contributed by atoms with Crippen LogP contribution in [0.3, 0.4) is 0 Å². The highest BCUT2D eigenvalue weighted by atomic mass is 16.4. The standard InChI is InChI=1S/C16H26N4O11/c1-6(22)12(15(29)18-8(16(30)31)2-3-10(23)24)20-14(28)9(5-21)19-13(27)7(17)4-11(25)26/h6-9,12,21-22H,2-5,17H2,1H3,(H,18,29)(H,19,27)(H,20,28)(H,23,24)(H,25,26)(H,30,31). The fourth-order valence-electron chi connectivity index (χ4n) is 2.20. The van der Waals surface area contributed by atoms with Gasteiger partial charge in [-0.25, -0.2) is 4.79 Å². The molecule has 5 unspecified atom stereocenters. The molecular weight excluding hydrogens is 424 g/mol. The van der Waals surface area contributed by atoms with E-state index < -0.39 is 91.8 Å². The first-order valence-electron chi connectivity index (χ1n) is 8.92. The van der Waals surface area contributed by atoms with E-state index in [1.807, 2.05) is 16.0 Å². The molecule has 0 rings (SSSR count). The third-order valence-corrected chi connectivity index (χ3v) is 3.87. The predicted molar refractivity (Wildman–Crippen MR) is 99.3 cm³/mol. The smallest absolute Gasteiger partial charge is 0.326 e. The normalized spacial score (nSPS) is 15.5. The summed E-state index contributed by atoms with van der Waals surface area (Å²) in [4.78, 5) is 68.8. The fourth-order valence-corrected chi connectivity index (χ4v) is 2.20. The number of aliphatic carboxylic acids is 3. The van der Waals surface area contributed by atoms with Crippen molar-refractivity contribution in [3.63, 3.8) is 0 Å². The number of rotatable bonds is 14. The molecule has 176 valence electrons. The van der Waals surface area contributed by atoms with E-state index >= 15 is 0 Å². The van der Waals surface area contributed by atoms with Crippen molar-refractivity contribution in [1.82, 2.24) is 16.0 Å². The Labute approximate surface area is 175 Å². The Morgan fingerprint density at radius 3 is 1.81 bits per heavy atom. The number of carbonyl (C=O) groups excluding carboxylic acids is 3. The molecule has 10 N–H and O–H groups in total. The predicted octanol–water partition coefficient (Wildman–Crippen LogP) is -4.43. The monoisotopic (exact) mass is 450 g/mol. The Kier molecular flexibility index (Phi) is 11.7. The zero-order valence-electron chi connectivity index (χ0n) is 16.5. The van der Waals surface area contributed by atoms with E-state index in [0.717, 1.165) is 6.92 Å². The molecule has 0 saturated carbocycles. The number of carboxylic acids is 3. The van der Waals surface area contributed by atoms with Crippen LogP contribution in [-0.2, 0) is 28.8 Å². The van der Waals surface area contributed by atoms with E-state index in [2.05, 4.69) is 0 Å². The number of nitrogens with two attached hydrogens (primary N) is 1. The summed E-state index contributed by atoms with van der Waals surface area (Å²) in [6.45, 7) is 0.120. The van der Waals surface area contributed by atoms with E-state index in [1.54, 1.807) is 0 Å². The summed E-state index contributed by atoms with van der Waals surface area (Å²) >= 11 is 0. The van der Waals surface area contributed by atoms with Crippen molar-refractivity contribution in [2.75, 3.05) is 6.61 Å². The summed E-state index contributed by atoms with van der Waals surface area (Å²) < 4.78 is 0. The molecule has 0 aliphatic carbocycles. The van der Waals surface area contributed by atoms with Gasteiger partial charge in [-0.05, 0) is 13.3 Å². The van der Waals surface area contributed by atoms with E-state index in [4.69, 9.17) is 21.1 Å². The molecule has 0 aromatic carbocycles.